The fraction of sp³-hybridized carbons (Fsp3) is 0.222. The summed E-state index contributed by atoms with van der Waals surface area (Å²) in [5.74, 6) is -0.0773. The van der Waals surface area contributed by atoms with Crippen molar-refractivity contribution in [1.82, 2.24) is 0 Å². The SMILES string of the molecule is COc1cc(CC#N)c(F)cc1N. The number of rotatable bonds is 2. The van der Waals surface area contributed by atoms with Crippen molar-refractivity contribution in [3.05, 3.63) is 23.5 Å². The Morgan fingerprint density at radius 3 is 2.85 bits per heavy atom. The smallest absolute Gasteiger partial charge is 0.142 e. The summed E-state index contributed by atoms with van der Waals surface area (Å²) < 4.78 is 18.0. The van der Waals surface area contributed by atoms with Gasteiger partial charge in [0.2, 0.25) is 0 Å². The number of nitriles is 1. The van der Waals surface area contributed by atoms with E-state index in [4.69, 9.17) is 15.7 Å². The van der Waals surface area contributed by atoms with Crippen LogP contribution in [0.25, 0.3) is 0 Å². The topological polar surface area (TPSA) is 59.0 Å². The van der Waals surface area contributed by atoms with Crippen LogP contribution in [0.3, 0.4) is 0 Å². The van der Waals surface area contributed by atoms with Crippen molar-refractivity contribution < 1.29 is 9.13 Å². The van der Waals surface area contributed by atoms with Crippen molar-refractivity contribution in [2.45, 2.75) is 6.42 Å². The van der Waals surface area contributed by atoms with Crippen LogP contribution in [0.15, 0.2) is 12.1 Å². The lowest BCUT2D eigenvalue weighted by Gasteiger charge is -2.06. The number of ether oxygens (including phenoxy) is 1. The Balaban J connectivity index is 3.16. The zero-order valence-corrected chi connectivity index (χ0v) is 7.17. The van der Waals surface area contributed by atoms with Gasteiger partial charge in [0.25, 0.3) is 0 Å². The maximum atomic E-state index is 13.1. The molecule has 68 valence electrons. The maximum absolute atomic E-state index is 13.1. The molecular formula is C9H9FN2O. The monoisotopic (exact) mass is 180 g/mol. The van der Waals surface area contributed by atoms with E-state index in [1.807, 2.05) is 6.07 Å². The van der Waals surface area contributed by atoms with Gasteiger partial charge in [0.15, 0.2) is 0 Å². The van der Waals surface area contributed by atoms with Gasteiger partial charge in [0.05, 0.1) is 25.3 Å². The molecule has 0 saturated carbocycles. The van der Waals surface area contributed by atoms with E-state index in [0.29, 0.717) is 11.3 Å². The Kier molecular flexibility index (Phi) is 2.70. The van der Waals surface area contributed by atoms with Gasteiger partial charge in [-0.05, 0) is 6.07 Å². The summed E-state index contributed by atoms with van der Waals surface area (Å²) in [6.07, 6.45) is 0.0163. The minimum absolute atomic E-state index is 0.0163. The van der Waals surface area contributed by atoms with Gasteiger partial charge in [-0.3, -0.25) is 0 Å². The number of nitrogen functional groups attached to an aromatic ring is 1. The van der Waals surface area contributed by atoms with Crippen molar-refractivity contribution in [3.8, 4) is 11.8 Å². The maximum Gasteiger partial charge on any atom is 0.142 e. The predicted octanol–water partition coefficient (Wildman–Crippen LogP) is 1.48. The van der Waals surface area contributed by atoms with Gasteiger partial charge in [-0.2, -0.15) is 5.26 Å². The predicted molar refractivity (Wildman–Crippen MR) is 46.7 cm³/mol. The van der Waals surface area contributed by atoms with Gasteiger partial charge >= 0.3 is 0 Å². The minimum atomic E-state index is -0.472. The van der Waals surface area contributed by atoms with E-state index in [9.17, 15) is 4.39 Å². The quantitative estimate of drug-likeness (QED) is 0.701. The Morgan fingerprint density at radius 2 is 2.31 bits per heavy atom. The average Bonchev–Trinajstić information content (AvgIpc) is 2.10. The first kappa shape index (κ1) is 9.33. The molecule has 3 nitrogen and oxygen atoms in total. The fourth-order valence-electron chi connectivity index (χ4n) is 1.01. The van der Waals surface area contributed by atoms with Gasteiger partial charge in [-0.1, -0.05) is 0 Å². The van der Waals surface area contributed by atoms with Crippen molar-refractivity contribution in [2.75, 3.05) is 12.8 Å². The molecule has 0 fully saturated rings. The van der Waals surface area contributed by atoms with E-state index in [-0.39, 0.29) is 12.1 Å². The molecule has 0 heterocycles. The molecule has 0 saturated heterocycles. The van der Waals surface area contributed by atoms with Crippen molar-refractivity contribution >= 4 is 5.69 Å². The fourth-order valence-corrected chi connectivity index (χ4v) is 1.01. The summed E-state index contributed by atoms with van der Waals surface area (Å²) in [6.45, 7) is 0. The van der Waals surface area contributed by atoms with Crippen LogP contribution < -0.4 is 10.5 Å². The molecule has 0 amide bonds. The van der Waals surface area contributed by atoms with Crippen LogP contribution in [0, 0.1) is 17.1 Å². The first-order valence-corrected chi connectivity index (χ1v) is 3.68. The Hall–Kier alpha value is -1.76. The molecule has 1 aromatic rings. The Bertz CT molecular complexity index is 357. The molecular weight excluding hydrogens is 171 g/mol. The van der Waals surface area contributed by atoms with Gasteiger partial charge in [0, 0.05) is 11.6 Å². The molecule has 1 rings (SSSR count). The van der Waals surface area contributed by atoms with Crippen LogP contribution in [0.2, 0.25) is 0 Å². The number of halogens is 1. The summed E-state index contributed by atoms with van der Waals surface area (Å²) in [7, 11) is 1.44. The molecule has 0 aliphatic rings. The molecule has 0 radical (unpaired) electrons. The number of methoxy groups -OCH3 is 1. The largest absolute Gasteiger partial charge is 0.495 e. The third kappa shape index (κ3) is 1.88. The van der Waals surface area contributed by atoms with E-state index in [1.54, 1.807) is 0 Å². The number of nitrogens with two attached hydrogens (primary N) is 1. The number of hydrogen-bond acceptors (Lipinski definition) is 3. The molecule has 0 aliphatic carbocycles. The second-order valence-corrected chi connectivity index (χ2v) is 2.52. The highest BCUT2D eigenvalue weighted by Crippen LogP contribution is 2.24. The Morgan fingerprint density at radius 1 is 1.62 bits per heavy atom. The highest BCUT2D eigenvalue weighted by molar-refractivity contribution is 5.54. The lowest BCUT2D eigenvalue weighted by molar-refractivity contribution is 0.415. The average molecular weight is 180 g/mol. The summed E-state index contributed by atoms with van der Waals surface area (Å²) in [4.78, 5) is 0. The number of anilines is 1. The summed E-state index contributed by atoms with van der Waals surface area (Å²) in [5, 5.41) is 8.39. The lowest BCUT2D eigenvalue weighted by atomic mass is 10.1. The lowest BCUT2D eigenvalue weighted by Crippen LogP contribution is -1.97. The van der Waals surface area contributed by atoms with Gasteiger partial charge < -0.3 is 10.5 Å². The zero-order valence-electron chi connectivity index (χ0n) is 7.17. The molecule has 0 spiro atoms. The molecule has 0 atom stereocenters. The summed E-state index contributed by atoms with van der Waals surface area (Å²) in [5.41, 5.74) is 5.99. The number of benzene rings is 1. The van der Waals surface area contributed by atoms with Crippen LogP contribution in [-0.4, -0.2) is 7.11 Å². The van der Waals surface area contributed by atoms with Gasteiger partial charge in [0.1, 0.15) is 11.6 Å². The summed E-state index contributed by atoms with van der Waals surface area (Å²) >= 11 is 0. The van der Waals surface area contributed by atoms with E-state index in [0.717, 1.165) is 6.07 Å². The Labute approximate surface area is 75.5 Å². The first-order chi connectivity index (χ1) is 6.19. The van der Waals surface area contributed by atoms with Crippen molar-refractivity contribution in [3.63, 3.8) is 0 Å². The molecule has 1 aromatic carbocycles. The second-order valence-electron chi connectivity index (χ2n) is 2.52. The number of hydrogen-bond donors (Lipinski definition) is 1. The minimum Gasteiger partial charge on any atom is -0.495 e. The highest BCUT2D eigenvalue weighted by Gasteiger charge is 2.07. The highest BCUT2D eigenvalue weighted by atomic mass is 19.1. The third-order valence-electron chi connectivity index (χ3n) is 1.67. The zero-order chi connectivity index (χ0) is 9.84. The van der Waals surface area contributed by atoms with Crippen LogP contribution in [0.5, 0.6) is 5.75 Å². The second kappa shape index (κ2) is 3.76. The van der Waals surface area contributed by atoms with Crippen LogP contribution >= 0.6 is 0 Å². The molecule has 0 aromatic heterocycles. The van der Waals surface area contributed by atoms with E-state index >= 15 is 0 Å². The van der Waals surface area contributed by atoms with Crippen molar-refractivity contribution in [1.29, 1.82) is 5.26 Å². The van der Waals surface area contributed by atoms with Crippen LogP contribution in [0.1, 0.15) is 5.56 Å². The van der Waals surface area contributed by atoms with Gasteiger partial charge in [-0.15, -0.1) is 0 Å². The van der Waals surface area contributed by atoms with E-state index in [2.05, 4.69) is 0 Å². The van der Waals surface area contributed by atoms with E-state index < -0.39 is 5.82 Å². The third-order valence-corrected chi connectivity index (χ3v) is 1.67. The molecule has 0 bridgehead atoms. The van der Waals surface area contributed by atoms with Crippen LogP contribution in [0.4, 0.5) is 10.1 Å². The molecule has 13 heavy (non-hydrogen) atoms. The van der Waals surface area contributed by atoms with Gasteiger partial charge in [-0.25, -0.2) is 4.39 Å². The normalized spacial score (nSPS) is 9.31. The van der Waals surface area contributed by atoms with E-state index in [1.165, 1.54) is 13.2 Å². The standard InChI is InChI=1S/C9H9FN2O/c1-13-9-4-6(2-3-11)7(10)5-8(9)12/h4-5H,2,12H2,1H3. The molecule has 4 heteroatoms. The van der Waals surface area contributed by atoms with Crippen LogP contribution in [-0.2, 0) is 6.42 Å². The number of nitrogens with zero attached hydrogens (tertiary/aromatic N) is 1. The first-order valence-electron chi connectivity index (χ1n) is 3.68. The summed E-state index contributed by atoms with van der Waals surface area (Å²) in [6, 6.07) is 4.46. The molecule has 0 aliphatic heterocycles. The molecule has 0 unspecified atom stereocenters. The molecule has 2 N–H and O–H groups in total. The van der Waals surface area contributed by atoms with Crippen molar-refractivity contribution in [2.24, 2.45) is 0 Å².